The molecule has 0 saturated heterocycles. The van der Waals surface area contributed by atoms with E-state index in [4.69, 9.17) is 5.73 Å². The molecule has 2 heterocycles. The predicted octanol–water partition coefficient (Wildman–Crippen LogP) is 7.49. The fourth-order valence-electron chi connectivity index (χ4n) is 5.57. The Labute approximate surface area is 263 Å². The van der Waals surface area contributed by atoms with Crippen LogP contribution in [0, 0.1) is 0 Å². The average molecular weight is 598 g/mol. The second-order valence-corrected chi connectivity index (χ2v) is 11.9. The quantitative estimate of drug-likeness (QED) is 0.0913. The van der Waals surface area contributed by atoms with E-state index in [-0.39, 0.29) is 5.91 Å². The molecule has 1 amide bonds. The van der Waals surface area contributed by atoms with Crippen LogP contribution in [0.3, 0.4) is 0 Å². The number of hydrogen-bond donors (Lipinski definition) is 3. The smallest absolute Gasteiger partial charge is 0.251 e. The number of nitrogen functional groups attached to an aromatic ring is 1. The third-order valence-corrected chi connectivity index (χ3v) is 8.20. The molecule has 2 aromatic heterocycles. The van der Waals surface area contributed by atoms with Crippen molar-refractivity contribution in [1.82, 2.24) is 30.3 Å². The molecule has 2 aromatic carbocycles. The first-order valence-electron chi connectivity index (χ1n) is 16.8. The van der Waals surface area contributed by atoms with E-state index < -0.39 is 0 Å². The molecule has 8 nitrogen and oxygen atoms in total. The van der Waals surface area contributed by atoms with Crippen molar-refractivity contribution in [3.8, 4) is 11.3 Å². The highest BCUT2D eigenvalue weighted by molar-refractivity contribution is 5.94. The minimum absolute atomic E-state index is 0.0533. The van der Waals surface area contributed by atoms with Crippen molar-refractivity contribution < 1.29 is 4.79 Å². The molecule has 0 atom stereocenters. The van der Waals surface area contributed by atoms with E-state index in [1.165, 1.54) is 56.1 Å². The number of carbonyl (C=O) groups is 1. The number of carbonyl (C=O) groups excluding carboxylic acids is 1. The number of aromatic amines is 1. The predicted molar refractivity (Wildman–Crippen MR) is 180 cm³/mol. The average Bonchev–Trinajstić information content (AvgIpc) is 3.65. The van der Waals surface area contributed by atoms with Crippen LogP contribution in [0.1, 0.15) is 111 Å². The molecule has 0 radical (unpaired) electrons. The van der Waals surface area contributed by atoms with Gasteiger partial charge in [0.15, 0.2) is 5.95 Å². The second-order valence-electron chi connectivity index (χ2n) is 11.9. The van der Waals surface area contributed by atoms with Gasteiger partial charge in [-0.25, -0.2) is 4.98 Å². The van der Waals surface area contributed by atoms with Crippen LogP contribution in [0.4, 0.5) is 5.95 Å². The van der Waals surface area contributed by atoms with Crippen molar-refractivity contribution in [2.75, 3.05) is 12.3 Å². The lowest BCUT2D eigenvalue weighted by Gasteiger charge is -2.06. The van der Waals surface area contributed by atoms with Crippen LogP contribution in [0.25, 0.3) is 11.3 Å². The molecule has 8 heteroatoms. The van der Waals surface area contributed by atoms with Gasteiger partial charge in [-0.2, -0.15) is 0 Å². The van der Waals surface area contributed by atoms with E-state index in [1.807, 2.05) is 23.0 Å². The number of benzene rings is 2. The first kappa shape index (κ1) is 33.0. The van der Waals surface area contributed by atoms with Crippen LogP contribution in [0.5, 0.6) is 0 Å². The molecule has 0 fully saturated rings. The van der Waals surface area contributed by atoms with Crippen molar-refractivity contribution >= 4 is 11.9 Å². The molecule has 0 saturated carbocycles. The van der Waals surface area contributed by atoms with Gasteiger partial charge in [-0.05, 0) is 74.6 Å². The Morgan fingerprint density at radius 1 is 0.795 bits per heavy atom. The summed E-state index contributed by atoms with van der Waals surface area (Å²) in [6, 6.07) is 16.8. The number of aryl methyl sites for hydroxylation is 4. The summed E-state index contributed by atoms with van der Waals surface area (Å²) in [5.74, 6) is 0.421. The Balaban J connectivity index is 1.13. The fraction of sp³-hybridized carbons (Fsp3) is 0.500. The summed E-state index contributed by atoms with van der Waals surface area (Å²) in [6.45, 7) is 5.56. The van der Waals surface area contributed by atoms with Gasteiger partial charge in [0.1, 0.15) is 0 Å². The number of nitrogens with one attached hydrogen (secondary N) is 2. The molecular weight excluding hydrogens is 546 g/mol. The first-order chi connectivity index (χ1) is 21.6. The Hall–Kier alpha value is -3.94. The van der Waals surface area contributed by atoms with Crippen molar-refractivity contribution in [3.63, 3.8) is 0 Å². The number of nitrogens with zero attached hydrogens (tertiary/aromatic N) is 4. The number of imidazole rings is 1. The highest BCUT2D eigenvalue weighted by Crippen LogP contribution is 2.25. The summed E-state index contributed by atoms with van der Waals surface area (Å²) >= 11 is 0. The van der Waals surface area contributed by atoms with E-state index in [1.54, 1.807) is 0 Å². The topological polar surface area (TPSA) is 115 Å². The van der Waals surface area contributed by atoms with Gasteiger partial charge in [-0.3, -0.25) is 9.48 Å². The van der Waals surface area contributed by atoms with Crippen molar-refractivity contribution in [1.29, 1.82) is 0 Å². The van der Waals surface area contributed by atoms with Crippen molar-refractivity contribution in [3.05, 3.63) is 82.8 Å². The third-order valence-electron chi connectivity index (χ3n) is 8.20. The van der Waals surface area contributed by atoms with Gasteiger partial charge >= 0.3 is 0 Å². The van der Waals surface area contributed by atoms with E-state index in [9.17, 15) is 4.79 Å². The first-order valence-corrected chi connectivity index (χ1v) is 16.8. The SMILES string of the molecule is CCCCCCc1ccc(-c2nc(N)[nH]c2CCCCCc2cn(CCNC(=O)c3ccc(CCCCC)cc3)nn2)cc1. The lowest BCUT2D eigenvalue weighted by atomic mass is 10.0. The van der Waals surface area contributed by atoms with Gasteiger partial charge in [0.2, 0.25) is 0 Å². The summed E-state index contributed by atoms with van der Waals surface area (Å²) in [5.41, 5.74) is 13.6. The summed E-state index contributed by atoms with van der Waals surface area (Å²) in [5, 5.41) is 11.6. The van der Waals surface area contributed by atoms with Crippen molar-refractivity contribution in [2.45, 2.75) is 110 Å². The zero-order chi connectivity index (χ0) is 31.0. The number of anilines is 1. The van der Waals surface area contributed by atoms with Gasteiger partial charge in [0.05, 0.1) is 17.9 Å². The van der Waals surface area contributed by atoms with Crippen LogP contribution < -0.4 is 11.1 Å². The van der Waals surface area contributed by atoms with E-state index in [2.05, 4.69) is 75.8 Å². The van der Waals surface area contributed by atoms with Crippen LogP contribution in [-0.2, 0) is 32.2 Å². The molecule has 4 rings (SSSR count). The maximum Gasteiger partial charge on any atom is 0.251 e. The van der Waals surface area contributed by atoms with Crippen LogP contribution in [0.15, 0.2) is 54.7 Å². The van der Waals surface area contributed by atoms with Gasteiger partial charge in [-0.1, -0.05) is 94.0 Å². The fourth-order valence-corrected chi connectivity index (χ4v) is 5.57. The number of unbranched alkanes of at least 4 members (excludes halogenated alkanes) is 7. The normalized spacial score (nSPS) is 11.2. The Bertz CT molecular complexity index is 1390. The van der Waals surface area contributed by atoms with Crippen LogP contribution >= 0.6 is 0 Å². The van der Waals surface area contributed by atoms with Crippen molar-refractivity contribution in [2.24, 2.45) is 0 Å². The highest BCUT2D eigenvalue weighted by atomic mass is 16.1. The summed E-state index contributed by atoms with van der Waals surface area (Å²) in [4.78, 5) is 20.4. The number of nitrogens with two attached hydrogens (primary N) is 1. The van der Waals surface area contributed by atoms with Gasteiger partial charge in [0.25, 0.3) is 5.91 Å². The Morgan fingerprint density at radius 3 is 2.14 bits per heavy atom. The summed E-state index contributed by atoms with van der Waals surface area (Å²) < 4.78 is 1.81. The monoisotopic (exact) mass is 597 g/mol. The zero-order valence-corrected chi connectivity index (χ0v) is 26.8. The lowest BCUT2D eigenvalue weighted by molar-refractivity contribution is 0.0952. The Morgan fingerprint density at radius 2 is 1.41 bits per heavy atom. The summed E-state index contributed by atoms with van der Waals surface area (Å²) in [7, 11) is 0. The number of H-pyrrole nitrogens is 1. The molecule has 0 aliphatic heterocycles. The zero-order valence-electron chi connectivity index (χ0n) is 26.8. The molecule has 0 unspecified atom stereocenters. The van der Waals surface area contributed by atoms with Crippen LogP contribution in [-0.4, -0.2) is 37.4 Å². The highest BCUT2D eigenvalue weighted by Gasteiger charge is 2.12. The maximum atomic E-state index is 12.5. The molecule has 0 bridgehead atoms. The third kappa shape index (κ3) is 10.6. The van der Waals surface area contributed by atoms with E-state index in [0.717, 1.165) is 67.6 Å². The van der Waals surface area contributed by atoms with Gasteiger partial charge < -0.3 is 16.0 Å². The summed E-state index contributed by atoms with van der Waals surface area (Å²) in [6.07, 6.45) is 17.9. The number of amides is 1. The Kier molecular flexibility index (Phi) is 13.5. The van der Waals surface area contributed by atoms with E-state index in [0.29, 0.717) is 24.6 Å². The van der Waals surface area contributed by atoms with Gasteiger partial charge in [0, 0.05) is 29.6 Å². The minimum atomic E-state index is -0.0533. The lowest BCUT2D eigenvalue weighted by Crippen LogP contribution is -2.27. The second kappa shape index (κ2) is 18.0. The van der Waals surface area contributed by atoms with Gasteiger partial charge in [-0.15, -0.1) is 5.10 Å². The number of rotatable bonds is 20. The largest absolute Gasteiger partial charge is 0.369 e. The molecule has 236 valence electrons. The van der Waals surface area contributed by atoms with Crippen LogP contribution in [0.2, 0.25) is 0 Å². The molecule has 0 aliphatic rings. The standard InChI is InChI=1S/C36H51N7O/c1-3-5-7-10-14-29-17-21-30(22-18-29)34-33(39-36(37)40-34)16-12-8-11-15-32-27-43(42-41-32)26-25-38-35(44)31-23-19-28(20-24-31)13-9-6-4-2/h17-24,27H,3-16,25-26H2,1-2H3,(H,38,44)(H3,37,39,40). The molecular formula is C36H51N7O. The number of aromatic nitrogens is 5. The molecule has 44 heavy (non-hydrogen) atoms. The number of hydrogen-bond acceptors (Lipinski definition) is 5. The minimum Gasteiger partial charge on any atom is -0.369 e. The maximum absolute atomic E-state index is 12.5. The van der Waals surface area contributed by atoms with E-state index >= 15 is 0 Å². The molecule has 0 spiro atoms. The molecule has 4 aromatic rings. The molecule has 0 aliphatic carbocycles. The molecule has 4 N–H and O–H groups in total.